The molecule has 1 fully saturated rings. The fourth-order valence-corrected chi connectivity index (χ4v) is 2.74. The zero-order valence-electron chi connectivity index (χ0n) is 12.3. The maximum absolute atomic E-state index is 11.8. The molecular weight excluding hydrogens is 242 g/mol. The van der Waals surface area contributed by atoms with Crippen LogP contribution in [0.4, 0.5) is 0 Å². The largest absolute Gasteiger partial charge is 0.369 e. The summed E-state index contributed by atoms with van der Waals surface area (Å²) >= 11 is 0. The fourth-order valence-electron chi connectivity index (χ4n) is 2.74. The van der Waals surface area contributed by atoms with E-state index in [0.29, 0.717) is 5.92 Å². The van der Waals surface area contributed by atoms with Gasteiger partial charge in [-0.25, -0.2) is 0 Å². The summed E-state index contributed by atoms with van der Waals surface area (Å²) in [6, 6.07) is 0.138. The Balaban J connectivity index is 2.59. The van der Waals surface area contributed by atoms with E-state index in [4.69, 9.17) is 5.73 Å². The summed E-state index contributed by atoms with van der Waals surface area (Å²) in [7, 11) is 0. The van der Waals surface area contributed by atoms with Gasteiger partial charge in [0, 0.05) is 25.0 Å². The Kier molecular flexibility index (Phi) is 6.28. The van der Waals surface area contributed by atoms with Crippen molar-refractivity contribution in [2.45, 2.75) is 46.1 Å². The van der Waals surface area contributed by atoms with Crippen LogP contribution in [0.5, 0.6) is 0 Å². The molecule has 2 unspecified atom stereocenters. The lowest BCUT2D eigenvalue weighted by Gasteiger charge is -2.37. The van der Waals surface area contributed by atoms with Crippen LogP contribution in [0.1, 0.15) is 40.0 Å². The van der Waals surface area contributed by atoms with Gasteiger partial charge in [-0.2, -0.15) is 0 Å². The minimum absolute atomic E-state index is 0.00357. The van der Waals surface area contributed by atoms with E-state index in [0.717, 1.165) is 32.4 Å². The highest BCUT2D eigenvalue weighted by Gasteiger charge is 2.28. The van der Waals surface area contributed by atoms with Crippen LogP contribution in [0.25, 0.3) is 0 Å². The summed E-state index contributed by atoms with van der Waals surface area (Å²) in [6.45, 7) is 7.86. The molecule has 19 heavy (non-hydrogen) atoms. The molecule has 1 aliphatic heterocycles. The average Bonchev–Trinajstić information content (AvgIpc) is 2.27. The van der Waals surface area contributed by atoms with Crippen molar-refractivity contribution in [3.8, 4) is 0 Å². The van der Waals surface area contributed by atoms with Crippen molar-refractivity contribution >= 4 is 11.8 Å². The van der Waals surface area contributed by atoms with Gasteiger partial charge in [0.1, 0.15) is 0 Å². The van der Waals surface area contributed by atoms with Gasteiger partial charge in [0.15, 0.2) is 0 Å². The Labute approximate surface area is 115 Å². The number of amides is 2. The van der Waals surface area contributed by atoms with Crippen LogP contribution in [-0.2, 0) is 9.59 Å². The number of rotatable bonds is 6. The number of nitrogens with one attached hydrogen (secondary N) is 1. The number of carbonyl (C=O) groups excluding carboxylic acids is 2. The Bertz CT molecular complexity index is 318. The molecule has 1 rings (SSSR count). The second-order valence-corrected chi connectivity index (χ2v) is 5.91. The summed E-state index contributed by atoms with van der Waals surface area (Å²) in [6.07, 6.45) is 3.25. The Morgan fingerprint density at radius 1 is 1.37 bits per heavy atom. The van der Waals surface area contributed by atoms with Crippen LogP contribution in [0, 0.1) is 11.8 Å². The predicted octanol–water partition coefficient (Wildman–Crippen LogP) is 0.735. The Hall–Kier alpha value is -1.10. The Morgan fingerprint density at radius 3 is 2.58 bits per heavy atom. The lowest BCUT2D eigenvalue weighted by molar-refractivity contribution is -0.125. The topological polar surface area (TPSA) is 75.4 Å². The van der Waals surface area contributed by atoms with Gasteiger partial charge in [0.2, 0.25) is 11.8 Å². The molecule has 1 heterocycles. The van der Waals surface area contributed by atoms with E-state index >= 15 is 0 Å². The van der Waals surface area contributed by atoms with Crippen molar-refractivity contribution in [1.29, 1.82) is 0 Å². The minimum atomic E-state index is -0.300. The van der Waals surface area contributed by atoms with E-state index in [1.165, 1.54) is 0 Å². The summed E-state index contributed by atoms with van der Waals surface area (Å²) < 4.78 is 0. The van der Waals surface area contributed by atoms with E-state index in [1.807, 2.05) is 13.8 Å². The van der Waals surface area contributed by atoms with Crippen LogP contribution in [0.3, 0.4) is 0 Å². The quantitative estimate of drug-likeness (QED) is 0.746. The SMILES string of the molecule is CCCC1CC(NC(=O)C(C)C)CN(CC(N)=O)C1. The van der Waals surface area contributed by atoms with Crippen LogP contribution < -0.4 is 11.1 Å². The molecule has 0 aromatic carbocycles. The first-order chi connectivity index (χ1) is 8.92. The van der Waals surface area contributed by atoms with Crippen molar-refractivity contribution in [3.63, 3.8) is 0 Å². The van der Waals surface area contributed by atoms with Crippen LogP contribution >= 0.6 is 0 Å². The summed E-state index contributed by atoms with van der Waals surface area (Å²) in [5, 5.41) is 3.08. The van der Waals surface area contributed by atoms with Crippen molar-refractivity contribution < 1.29 is 9.59 Å². The van der Waals surface area contributed by atoms with E-state index in [9.17, 15) is 9.59 Å². The van der Waals surface area contributed by atoms with Gasteiger partial charge < -0.3 is 11.1 Å². The van der Waals surface area contributed by atoms with Crippen LogP contribution in [-0.4, -0.2) is 42.4 Å². The number of primary amides is 1. The first-order valence-electron chi connectivity index (χ1n) is 7.23. The van der Waals surface area contributed by atoms with E-state index in [2.05, 4.69) is 17.1 Å². The van der Waals surface area contributed by atoms with Gasteiger partial charge in [-0.05, 0) is 18.8 Å². The molecule has 2 atom stereocenters. The van der Waals surface area contributed by atoms with Crippen molar-refractivity contribution in [2.24, 2.45) is 17.6 Å². The third kappa shape index (κ3) is 5.59. The second kappa shape index (κ2) is 7.48. The molecule has 110 valence electrons. The molecular formula is C14H27N3O2. The summed E-state index contributed by atoms with van der Waals surface area (Å²) in [5.41, 5.74) is 5.27. The van der Waals surface area contributed by atoms with E-state index in [1.54, 1.807) is 0 Å². The van der Waals surface area contributed by atoms with Gasteiger partial charge in [-0.3, -0.25) is 14.5 Å². The number of hydrogen-bond acceptors (Lipinski definition) is 3. The monoisotopic (exact) mass is 269 g/mol. The zero-order chi connectivity index (χ0) is 14.4. The number of piperidine rings is 1. The van der Waals surface area contributed by atoms with Gasteiger partial charge in [0.25, 0.3) is 0 Å². The predicted molar refractivity (Wildman–Crippen MR) is 75.4 cm³/mol. The van der Waals surface area contributed by atoms with Gasteiger partial charge >= 0.3 is 0 Å². The van der Waals surface area contributed by atoms with Gasteiger partial charge in [0.05, 0.1) is 6.54 Å². The molecule has 0 aromatic heterocycles. The van der Waals surface area contributed by atoms with Gasteiger partial charge in [-0.15, -0.1) is 0 Å². The van der Waals surface area contributed by atoms with Crippen molar-refractivity contribution in [3.05, 3.63) is 0 Å². The molecule has 0 saturated carbocycles. The molecule has 0 aromatic rings. The maximum atomic E-state index is 11.8. The number of hydrogen-bond donors (Lipinski definition) is 2. The average molecular weight is 269 g/mol. The first kappa shape index (κ1) is 16.0. The molecule has 1 aliphatic rings. The zero-order valence-corrected chi connectivity index (χ0v) is 12.3. The van der Waals surface area contributed by atoms with Crippen molar-refractivity contribution in [1.82, 2.24) is 10.2 Å². The van der Waals surface area contributed by atoms with E-state index in [-0.39, 0.29) is 30.3 Å². The highest BCUT2D eigenvalue weighted by molar-refractivity contribution is 5.78. The normalized spacial score (nSPS) is 24.4. The lowest BCUT2D eigenvalue weighted by Crippen LogP contribution is -2.53. The standard InChI is InChI=1S/C14H27N3O2/c1-4-5-11-6-12(16-14(19)10(2)3)8-17(7-11)9-13(15)18/h10-12H,4-9H2,1-3H3,(H2,15,18)(H,16,19). The molecule has 0 radical (unpaired) electrons. The van der Waals surface area contributed by atoms with Crippen LogP contribution in [0.15, 0.2) is 0 Å². The third-order valence-corrected chi connectivity index (χ3v) is 3.56. The third-order valence-electron chi connectivity index (χ3n) is 3.56. The van der Waals surface area contributed by atoms with Gasteiger partial charge in [-0.1, -0.05) is 27.2 Å². The molecule has 2 amide bonds. The summed E-state index contributed by atoms with van der Waals surface area (Å²) in [4.78, 5) is 24.9. The van der Waals surface area contributed by atoms with Crippen LogP contribution in [0.2, 0.25) is 0 Å². The number of nitrogens with two attached hydrogens (primary N) is 1. The molecule has 0 aliphatic carbocycles. The second-order valence-electron chi connectivity index (χ2n) is 5.91. The fraction of sp³-hybridized carbons (Fsp3) is 0.857. The molecule has 5 nitrogen and oxygen atoms in total. The van der Waals surface area contributed by atoms with E-state index < -0.39 is 0 Å². The Morgan fingerprint density at radius 2 is 2.05 bits per heavy atom. The van der Waals surface area contributed by atoms with Crippen molar-refractivity contribution in [2.75, 3.05) is 19.6 Å². The number of nitrogens with zero attached hydrogens (tertiary/aromatic N) is 1. The first-order valence-corrected chi connectivity index (χ1v) is 7.23. The minimum Gasteiger partial charge on any atom is -0.369 e. The summed E-state index contributed by atoms with van der Waals surface area (Å²) in [5.74, 6) is 0.318. The highest BCUT2D eigenvalue weighted by atomic mass is 16.2. The highest BCUT2D eigenvalue weighted by Crippen LogP contribution is 2.21. The molecule has 1 saturated heterocycles. The molecule has 0 bridgehead atoms. The lowest BCUT2D eigenvalue weighted by atomic mass is 9.90. The maximum Gasteiger partial charge on any atom is 0.231 e. The molecule has 0 spiro atoms. The smallest absolute Gasteiger partial charge is 0.231 e. The number of carbonyl (C=O) groups is 2. The molecule has 3 N–H and O–H groups in total. The number of likely N-dealkylation sites (tertiary alicyclic amines) is 1. The molecule has 5 heteroatoms.